The third-order valence-corrected chi connectivity index (χ3v) is 6.06. The predicted molar refractivity (Wildman–Crippen MR) is 97.8 cm³/mol. The number of halogens is 3. The molecule has 4 heterocycles. The number of carbonyl (C=O) groups excluding carboxylic acids is 1. The maximum atomic E-state index is 12.9. The lowest BCUT2D eigenvalue weighted by molar-refractivity contribution is -0.141. The van der Waals surface area contributed by atoms with E-state index < -0.39 is 11.9 Å². The molecule has 0 aliphatic carbocycles. The highest BCUT2D eigenvalue weighted by Crippen LogP contribution is 2.34. The number of pyridine rings is 1. The number of nitrogens with zero attached hydrogens (tertiary/aromatic N) is 5. The predicted octanol–water partition coefficient (Wildman–Crippen LogP) is 2.58. The number of anilines is 1. The number of alkyl halides is 3. The fourth-order valence-electron chi connectivity index (χ4n) is 3.69. The van der Waals surface area contributed by atoms with Gasteiger partial charge in [-0.1, -0.05) is 0 Å². The van der Waals surface area contributed by atoms with E-state index in [9.17, 15) is 18.0 Å². The van der Waals surface area contributed by atoms with Crippen molar-refractivity contribution in [2.45, 2.75) is 11.1 Å². The molecule has 28 heavy (non-hydrogen) atoms. The van der Waals surface area contributed by atoms with Crippen LogP contribution in [0, 0.1) is 11.8 Å². The molecule has 2 aromatic rings. The van der Waals surface area contributed by atoms with Gasteiger partial charge >= 0.3 is 6.18 Å². The summed E-state index contributed by atoms with van der Waals surface area (Å²) in [6.07, 6.45) is 0.0450. The van der Waals surface area contributed by atoms with Gasteiger partial charge in [-0.05, 0) is 18.2 Å². The van der Waals surface area contributed by atoms with E-state index in [-0.39, 0.29) is 23.7 Å². The maximum absolute atomic E-state index is 12.9. The molecule has 2 aliphatic heterocycles. The number of hydrogen-bond acceptors (Lipinski definition) is 6. The summed E-state index contributed by atoms with van der Waals surface area (Å²) in [7, 11) is 0. The van der Waals surface area contributed by atoms with Gasteiger partial charge in [-0.25, -0.2) is 9.97 Å². The molecular formula is C18H18F3N5OS. The van der Waals surface area contributed by atoms with Gasteiger partial charge < -0.3 is 9.80 Å². The highest BCUT2D eigenvalue weighted by Gasteiger charge is 2.42. The zero-order valence-corrected chi connectivity index (χ0v) is 15.7. The Balaban J connectivity index is 1.33. The van der Waals surface area contributed by atoms with Crippen LogP contribution in [0.5, 0.6) is 0 Å². The van der Waals surface area contributed by atoms with Crippen molar-refractivity contribution in [3.8, 4) is 0 Å². The van der Waals surface area contributed by atoms with Crippen LogP contribution in [0.2, 0.25) is 0 Å². The molecule has 0 bridgehead atoms. The zero-order valence-electron chi connectivity index (χ0n) is 14.8. The number of fused-ring (bicyclic) bond motifs is 1. The lowest BCUT2D eigenvalue weighted by atomic mass is 10.0. The molecule has 0 saturated carbocycles. The second-order valence-corrected chi connectivity index (χ2v) is 7.98. The van der Waals surface area contributed by atoms with Gasteiger partial charge in [0.15, 0.2) is 0 Å². The number of aromatic nitrogens is 3. The van der Waals surface area contributed by atoms with Crippen molar-refractivity contribution in [1.82, 2.24) is 19.9 Å². The molecule has 2 aromatic heterocycles. The molecule has 0 aromatic carbocycles. The van der Waals surface area contributed by atoms with Crippen LogP contribution in [-0.4, -0.2) is 57.7 Å². The van der Waals surface area contributed by atoms with Gasteiger partial charge in [-0.2, -0.15) is 13.2 Å². The van der Waals surface area contributed by atoms with Gasteiger partial charge in [0.2, 0.25) is 11.9 Å². The summed E-state index contributed by atoms with van der Waals surface area (Å²) < 4.78 is 38.6. The fraction of sp³-hybridized carbons (Fsp3) is 0.444. The Morgan fingerprint density at radius 1 is 1.07 bits per heavy atom. The van der Waals surface area contributed by atoms with Crippen LogP contribution in [0.4, 0.5) is 19.1 Å². The Morgan fingerprint density at radius 2 is 1.75 bits per heavy atom. The molecule has 2 aliphatic rings. The van der Waals surface area contributed by atoms with E-state index in [0.29, 0.717) is 31.9 Å². The van der Waals surface area contributed by atoms with Crippen molar-refractivity contribution >= 4 is 23.6 Å². The number of likely N-dealkylation sites (tertiary alicyclic amines) is 1. The van der Waals surface area contributed by atoms with Crippen molar-refractivity contribution in [3.05, 3.63) is 42.5 Å². The molecule has 1 amide bonds. The van der Waals surface area contributed by atoms with Gasteiger partial charge in [-0.15, -0.1) is 11.8 Å². The highest BCUT2D eigenvalue weighted by molar-refractivity contribution is 8.00. The van der Waals surface area contributed by atoms with Crippen LogP contribution in [-0.2, 0) is 11.0 Å². The SMILES string of the molecule is O=C(CSc1ccncc1)N1CC2CN(c3nccc(C(F)(F)F)n3)CC2C1. The summed E-state index contributed by atoms with van der Waals surface area (Å²) in [6, 6.07) is 4.61. The molecule has 6 nitrogen and oxygen atoms in total. The Kier molecular flexibility index (Phi) is 5.13. The summed E-state index contributed by atoms with van der Waals surface area (Å²) in [4.78, 5) is 28.8. The van der Waals surface area contributed by atoms with Crippen molar-refractivity contribution < 1.29 is 18.0 Å². The van der Waals surface area contributed by atoms with Crippen molar-refractivity contribution in [2.24, 2.45) is 11.8 Å². The first kappa shape index (κ1) is 19.0. The molecule has 2 atom stereocenters. The molecule has 2 unspecified atom stereocenters. The fourth-order valence-corrected chi connectivity index (χ4v) is 4.48. The first-order chi connectivity index (χ1) is 13.4. The van der Waals surface area contributed by atoms with Gasteiger partial charge in [0.25, 0.3) is 0 Å². The minimum Gasteiger partial charge on any atom is -0.341 e. The maximum Gasteiger partial charge on any atom is 0.433 e. The molecule has 0 radical (unpaired) electrons. The molecule has 0 spiro atoms. The Hall–Kier alpha value is -2.36. The van der Waals surface area contributed by atoms with Crippen LogP contribution in [0.25, 0.3) is 0 Å². The summed E-state index contributed by atoms with van der Waals surface area (Å²) in [6.45, 7) is 2.37. The van der Waals surface area contributed by atoms with Crippen LogP contribution >= 0.6 is 11.8 Å². The first-order valence-corrected chi connectivity index (χ1v) is 9.84. The average Bonchev–Trinajstić information content (AvgIpc) is 3.26. The lowest BCUT2D eigenvalue weighted by Gasteiger charge is -2.22. The standard InChI is InChI=1S/C18H18F3N5OS/c19-18(20,21)15-3-6-23-17(24-15)26-9-12-7-25(8-13(12)10-26)16(27)11-28-14-1-4-22-5-2-14/h1-6,12-13H,7-11H2. The second kappa shape index (κ2) is 7.57. The zero-order chi connectivity index (χ0) is 19.7. The lowest BCUT2D eigenvalue weighted by Crippen LogP contribution is -2.34. The number of amides is 1. The highest BCUT2D eigenvalue weighted by atomic mass is 32.2. The van der Waals surface area contributed by atoms with Gasteiger partial charge in [0.1, 0.15) is 5.69 Å². The molecule has 0 N–H and O–H groups in total. The van der Waals surface area contributed by atoms with E-state index in [1.54, 1.807) is 17.3 Å². The van der Waals surface area contributed by atoms with Crippen LogP contribution < -0.4 is 4.90 Å². The Labute approximate surface area is 164 Å². The first-order valence-electron chi connectivity index (χ1n) is 8.86. The van der Waals surface area contributed by atoms with E-state index >= 15 is 0 Å². The largest absolute Gasteiger partial charge is 0.433 e. The van der Waals surface area contributed by atoms with E-state index in [2.05, 4.69) is 15.0 Å². The van der Waals surface area contributed by atoms with E-state index in [1.165, 1.54) is 11.8 Å². The summed E-state index contributed by atoms with van der Waals surface area (Å²) in [5, 5.41) is 0. The summed E-state index contributed by atoms with van der Waals surface area (Å²) >= 11 is 1.48. The Morgan fingerprint density at radius 3 is 2.39 bits per heavy atom. The molecule has 148 valence electrons. The number of hydrogen-bond donors (Lipinski definition) is 0. The van der Waals surface area contributed by atoms with Crippen LogP contribution in [0.15, 0.2) is 41.7 Å². The van der Waals surface area contributed by atoms with Crippen LogP contribution in [0.1, 0.15) is 5.69 Å². The molecule has 2 fully saturated rings. The number of carbonyl (C=O) groups is 1. The molecule has 2 saturated heterocycles. The van der Waals surface area contributed by atoms with Crippen molar-refractivity contribution in [2.75, 3.05) is 36.8 Å². The molecular weight excluding hydrogens is 391 g/mol. The summed E-state index contributed by atoms with van der Waals surface area (Å²) in [5.41, 5.74) is -0.931. The molecule has 4 rings (SSSR count). The average molecular weight is 409 g/mol. The van der Waals surface area contributed by atoms with Crippen LogP contribution in [0.3, 0.4) is 0 Å². The van der Waals surface area contributed by atoms with Crippen molar-refractivity contribution in [1.29, 1.82) is 0 Å². The second-order valence-electron chi connectivity index (χ2n) is 6.94. The van der Waals surface area contributed by atoms with Gasteiger partial charge in [0, 0.05) is 61.5 Å². The van der Waals surface area contributed by atoms with Crippen molar-refractivity contribution in [3.63, 3.8) is 0 Å². The van der Waals surface area contributed by atoms with E-state index in [4.69, 9.17) is 0 Å². The van der Waals surface area contributed by atoms with Gasteiger partial charge in [0.05, 0.1) is 5.75 Å². The normalized spacial score (nSPS) is 21.8. The number of thioether (sulfide) groups is 1. The third kappa shape index (κ3) is 4.06. The summed E-state index contributed by atoms with van der Waals surface area (Å²) in [5.74, 6) is 1.01. The smallest absolute Gasteiger partial charge is 0.341 e. The third-order valence-electron chi connectivity index (χ3n) is 5.07. The molecule has 10 heteroatoms. The Bertz CT molecular complexity index is 837. The monoisotopic (exact) mass is 409 g/mol. The van der Waals surface area contributed by atoms with Gasteiger partial charge in [-0.3, -0.25) is 9.78 Å². The topological polar surface area (TPSA) is 62.2 Å². The number of rotatable bonds is 4. The van der Waals surface area contributed by atoms with E-state index in [0.717, 1.165) is 17.2 Å². The minimum atomic E-state index is -4.48. The minimum absolute atomic E-state index is 0.0816. The van der Waals surface area contributed by atoms with E-state index in [1.807, 2.05) is 17.0 Å². The quantitative estimate of drug-likeness (QED) is 0.724.